The number of aryl methyl sites for hydroxylation is 2. The maximum absolute atomic E-state index is 12.5. The Morgan fingerprint density at radius 3 is 2.77 bits per heavy atom. The summed E-state index contributed by atoms with van der Waals surface area (Å²) in [6, 6.07) is -0.959. The molecule has 0 spiro atoms. The molecule has 1 N–H and O–H groups in total. The quantitative estimate of drug-likeness (QED) is 0.902. The van der Waals surface area contributed by atoms with Crippen LogP contribution >= 0.6 is 0 Å². The number of ether oxygens (including phenoxy) is 1. The highest BCUT2D eigenvalue weighted by Crippen LogP contribution is 2.20. The number of carbonyl (C=O) groups excluding carboxylic acids is 1. The van der Waals surface area contributed by atoms with E-state index in [2.05, 4.69) is 10.3 Å². The summed E-state index contributed by atoms with van der Waals surface area (Å²) < 4.78 is 48.1. The van der Waals surface area contributed by atoms with Crippen LogP contribution in [-0.2, 0) is 16.1 Å². The Morgan fingerprint density at radius 1 is 1.45 bits per heavy atom. The van der Waals surface area contributed by atoms with Crippen molar-refractivity contribution >= 4 is 5.91 Å². The summed E-state index contributed by atoms with van der Waals surface area (Å²) in [7, 11) is 0. The Morgan fingerprint density at radius 2 is 2.18 bits per heavy atom. The smallest absolute Gasteiger partial charge is 0.401 e. The molecular weight excluding hydrogens is 303 g/mol. The molecule has 1 aliphatic heterocycles. The van der Waals surface area contributed by atoms with Gasteiger partial charge in [-0.1, -0.05) is 0 Å². The fourth-order valence-corrected chi connectivity index (χ4v) is 2.32. The average molecular weight is 321 g/mol. The SMILES string of the molecule is Cc1nc(C)c(CNC(=O)C2COCCN2CC(F)(F)F)o1. The summed E-state index contributed by atoms with van der Waals surface area (Å²) in [4.78, 5) is 17.3. The van der Waals surface area contributed by atoms with Gasteiger partial charge in [0.1, 0.15) is 11.8 Å². The van der Waals surface area contributed by atoms with Gasteiger partial charge < -0.3 is 14.5 Å². The Balaban J connectivity index is 1.95. The number of alkyl halides is 3. The molecule has 1 aromatic rings. The van der Waals surface area contributed by atoms with Crippen LogP contribution in [0.2, 0.25) is 0 Å². The maximum Gasteiger partial charge on any atom is 0.401 e. The molecule has 2 rings (SSSR count). The number of rotatable bonds is 4. The van der Waals surface area contributed by atoms with Gasteiger partial charge in [-0.15, -0.1) is 0 Å². The van der Waals surface area contributed by atoms with E-state index in [-0.39, 0.29) is 26.3 Å². The van der Waals surface area contributed by atoms with Gasteiger partial charge in [0, 0.05) is 13.5 Å². The number of oxazole rings is 1. The first-order valence-electron chi connectivity index (χ1n) is 6.85. The molecule has 22 heavy (non-hydrogen) atoms. The number of hydrogen-bond acceptors (Lipinski definition) is 5. The van der Waals surface area contributed by atoms with Crippen molar-refractivity contribution in [2.24, 2.45) is 0 Å². The highest BCUT2D eigenvalue weighted by molar-refractivity contribution is 5.82. The topological polar surface area (TPSA) is 67.6 Å². The lowest BCUT2D eigenvalue weighted by atomic mass is 10.2. The highest BCUT2D eigenvalue weighted by Gasteiger charge is 2.38. The highest BCUT2D eigenvalue weighted by atomic mass is 19.4. The lowest BCUT2D eigenvalue weighted by Gasteiger charge is -2.34. The van der Waals surface area contributed by atoms with Crippen molar-refractivity contribution in [2.75, 3.05) is 26.3 Å². The van der Waals surface area contributed by atoms with Crippen molar-refractivity contribution in [3.8, 4) is 0 Å². The molecule has 9 heteroatoms. The van der Waals surface area contributed by atoms with Crippen molar-refractivity contribution in [1.29, 1.82) is 0 Å². The molecule has 1 amide bonds. The minimum Gasteiger partial charge on any atom is -0.444 e. The summed E-state index contributed by atoms with van der Waals surface area (Å²) in [6.07, 6.45) is -4.35. The van der Waals surface area contributed by atoms with Crippen LogP contribution in [0.3, 0.4) is 0 Å². The van der Waals surface area contributed by atoms with Crippen molar-refractivity contribution in [2.45, 2.75) is 32.6 Å². The molecule has 124 valence electrons. The number of amides is 1. The minimum absolute atomic E-state index is 0.0592. The van der Waals surface area contributed by atoms with Gasteiger partial charge in [-0.25, -0.2) is 4.98 Å². The van der Waals surface area contributed by atoms with Crippen LogP contribution in [0, 0.1) is 13.8 Å². The lowest BCUT2D eigenvalue weighted by Crippen LogP contribution is -2.55. The minimum atomic E-state index is -4.35. The molecule has 1 fully saturated rings. The number of carbonyl (C=O) groups is 1. The van der Waals surface area contributed by atoms with E-state index in [1.54, 1.807) is 13.8 Å². The molecule has 1 aliphatic rings. The number of hydrogen-bond donors (Lipinski definition) is 1. The van der Waals surface area contributed by atoms with Crippen molar-refractivity contribution in [3.05, 3.63) is 17.3 Å². The van der Waals surface area contributed by atoms with Crippen LogP contribution in [0.4, 0.5) is 13.2 Å². The zero-order valence-corrected chi connectivity index (χ0v) is 12.4. The predicted molar refractivity (Wildman–Crippen MR) is 70.1 cm³/mol. The fraction of sp³-hybridized carbons (Fsp3) is 0.692. The van der Waals surface area contributed by atoms with E-state index in [1.807, 2.05) is 0 Å². The number of nitrogens with one attached hydrogen (secondary N) is 1. The molecule has 0 bridgehead atoms. The lowest BCUT2D eigenvalue weighted by molar-refractivity contribution is -0.166. The Hall–Kier alpha value is -1.61. The van der Waals surface area contributed by atoms with Crippen LogP contribution in [0.15, 0.2) is 4.42 Å². The maximum atomic E-state index is 12.5. The van der Waals surface area contributed by atoms with Crippen molar-refractivity contribution in [1.82, 2.24) is 15.2 Å². The summed E-state index contributed by atoms with van der Waals surface area (Å²) in [5.74, 6) is 0.448. The summed E-state index contributed by atoms with van der Waals surface area (Å²) in [5, 5.41) is 2.58. The monoisotopic (exact) mass is 321 g/mol. The molecule has 6 nitrogen and oxygen atoms in total. The van der Waals surface area contributed by atoms with Crippen molar-refractivity contribution < 1.29 is 27.1 Å². The van der Waals surface area contributed by atoms with Gasteiger partial charge in [0.05, 0.1) is 32.0 Å². The van der Waals surface area contributed by atoms with Crippen molar-refractivity contribution in [3.63, 3.8) is 0 Å². The third kappa shape index (κ3) is 4.44. The van der Waals surface area contributed by atoms with Crippen LogP contribution < -0.4 is 5.32 Å². The molecule has 1 atom stereocenters. The second-order valence-corrected chi connectivity index (χ2v) is 5.14. The van der Waals surface area contributed by atoms with Gasteiger partial charge in [0.25, 0.3) is 0 Å². The van der Waals surface area contributed by atoms with Crippen LogP contribution in [0.25, 0.3) is 0 Å². The van der Waals surface area contributed by atoms with E-state index in [4.69, 9.17) is 9.15 Å². The third-order valence-corrected chi connectivity index (χ3v) is 3.35. The van der Waals surface area contributed by atoms with Crippen LogP contribution in [0.1, 0.15) is 17.3 Å². The van der Waals surface area contributed by atoms with E-state index in [1.165, 1.54) is 0 Å². The zero-order valence-electron chi connectivity index (χ0n) is 12.4. The Bertz CT molecular complexity index is 530. The normalized spacial score (nSPS) is 20.1. The van der Waals surface area contributed by atoms with E-state index in [0.717, 1.165) is 4.90 Å². The van der Waals surface area contributed by atoms with Gasteiger partial charge in [-0.05, 0) is 6.92 Å². The fourth-order valence-electron chi connectivity index (χ4n) is 2.32. The number of morpholine rings is 1. The molecule has 0 aromatic carbocycles. The first-order valence-corrected chi connectivity index (χ1v) is 6.85. The van der Waals surface area contributed by atoms with Gasteiger partial charge in [-0.2, -0.15) is 13.2 Å². The summed E-state index contributed by atoms with van der Waals surface area (Å²) >= 11 is 0. The molecule has 0 saturated carbocycles. The van der Waals surface area contributed by atoms with Gasteiger partial charge in [0.2, 0.25) is 5.91 Å². The van der Waals surface area contributed by atoms with Crippen LogP contribution in [-0.4, -0.2) is 54.3 Å². The predicted octanol–water partition coefficient (Wildman–Crippen LogP) is 1.17. The van der Waals surface area contributed by atoms with Gasteiger partial charge in [0.15, 0.2) is 5.89 Å². The van der Waals surface area contributed by atoms with E-state index in [0.29, 0.717) is 17.3 Å². The number of halogens is 3. The molecule has 1 unspecified atom stereocenters. The molecule has 0 radical (unpaired) electrons. The van der Waals surface area contributed by atoms with E-state index >= 15 is 0 Å². The molecule has 1 aromatic heterocycles. The standard InChI is InChI=1S/C13H18F3N3O3/c1-8-11(22-9(2)18-8)5-17-12(20)10-6-21-4-3-19(10)7-13(14,15)16/h10H,3-7H2,1-2H3,(H,17,20). The molecule has 1 saturated heterocycles. The summed E-state index contributed by atoms with van der Waals surface area (Å²) in [5.41, 5.74) is 0.643. The number of nitrogens with zero attached hydrogens (tertiary/aromatic N) is 2. The number of aromatic nitrogens is 1. The third-order valence-electron chi connectivity index (χ3n) is 3.35. The van der Waals surface area contributed by atoms with E-state index in [9.17, 15) is 18.0 Å². The van der Waals surface area contributed by atoms with Crippen LogP contribution in [0.5, 0.6) is 0 Å². The summed E-state index contributed by atoms with van der Waals surface area (Å²) in [6.45, 7) is 2.56. The second kappa shape index (κ2) is 6.66. The first kappa shape index (κ1) is 16.8. The van der Waals surface area contributed by atoms with E-state index < -0.39 is 24.7 Å². The zero-order chi connectivity index (χ0) is 16.3. The van der Waals surface area contributed by atoms with Gasteiger partial charge in [-0.3, -0.25) is 9.69 Å². The first-order chi connectivity index (χ1) is 10.3. The molecule has 2 heterocycles. The molecular formula is C13H18F3N3O3. The second-order valence-electron chi connectivity index (χ2n) is 5.14. The molecule has 0 aliphatic carbocycles. The average Bonchev–Trinajstić information content (AvgIpc) is 2.73. The largest absolute Gasteiger partial charge is 0.444 e. The Kier molecular flexibility index (Phi) is 5.07. The Labute approximate surface area is 125 Å². The van der Waals surface area contributed by atoms with Gasteiger partial charge >= 0.3 is 6.18 Å².